The van der Waals surface area contributed by atoms with Gasteiger partial charge in [0.1, 0.15) is 5.82 Å². The van der Waals surface area contributed by atoms with Crippen molar-refractivity contribution in [2.24, 2.45) is 0 Å². The first-order valence-electron chi connectivity index (χ1n) is 7.71. The van der Waals surface area contributed by atoms with Gasteiger partial charge in [-0.05, 0) is 37.3 Å². The van der Waals surface area contributed by atoms with Crippen LogP contribution in [-0.2, 0) is 19.4 Å². The molecule has 4 nitrogen and oxygen atoms in total. The smallest absolute Gasteiger partial charge is 0.191 e. The zero-order valence-electron chi connectivity index (χ0n) is 12.3. The zero-order chi connectivity index (χ0) is 14.3. The minimum atomic E-state index is 1.03. The fourth-order valence-electron chi connectivity index (χ4n) is 2.57. The van der Waals surface area contributed by atoms with Crippen molar-refractivity contribution in [3.8, 4) is 0 Å². The Labute approximate surface area is 134 Å². The van der Waals surface area contributed by atoms with Gasteiger partial charge < -0.3 is 9.88 Å². The molecule has 0 spiro atoms. The SMILES string of the molecule is c1csc(CCNCCSc2nnc3n2CCCCC3)c1. The first kappa shape index (κ1) is 15.1. The molecule has 0 aliphatic carbocycles. The molecule has 1 N–H and O–H groups in total. The summed E-state index contributed by atoms with van der Waals surface area (Å²) >= 11 is 3.66. The summed E-state index contributed by atoms with van der Waals surface area (Å²) in [4.78, 5) is 1.46. The van der Waals surface area contributed by atoms with Gasteiger partial charge in [-0.1, -0.05) is 24.2 Å². The zero-order valence-corrected chi connectivity index (χ0v) is 13.9. The number of hydrogen-bond acceptors (Lipinski definition) is 5. The van der Waals surface area contributed by atoms with Crippen LogP contribution in [0.15, 0.2) is 22.7 Å². The van der Waals surface area contributed by atoms with Crippen molar-refractivity contribution >= 4 is 23.1 Å². The third-order valence-electron chi connectivity index (χ3n) is 3.71. The molecule has 2 aromatic heterocycles. The summed E-state index contributed by atoms with van der Waals surface area (Å²) in [7, 11) is 0. The molecule has 0 fully saturated rings. The molecule has 0 unspecified atom stereocenters. The Balaban J connectivity index is 1.37. The van der Waals surface area contributed by atoms with E-state index in [4.69, 9.17) is 0 Å². The van der Waals surface area contributed by atoms with Crippen LogP contribution in [0.5, 0.6) is 0 Å². The highest BCUT2D eigenvalue weighted by atomic mass is 32.2. The van der Waals surface area contributed by atoms with Crippen molar-refractivity contribution in [3.05, 3.63) is 28.2 Å². The van der Waals surface area contributed by atoms with Gasteiger partial charge in [0, 0.05) is 30.1 Å². The van der Waals surface area contributed by atoms with Crippen LogP contribution in [0.2, 0.25) is 0 Å². The van der Waals surface area contributed by atoms with Gasteiger partial charge in [-0.3, -0.25) is 0 Å². The van der Waals surface area contributed by atoms with Crippen molar-refractivity contribution in [2.45, 2.75) is 43.8 Å². The standard InChI is InChI=1S/C15H22N4S2/c1-2-6-14-17-18-15(19(14)10-3-1)21-12-9-16-8-7-13-5-4-11-20-13/h4-5,11,16H,1-3,6-10,12H2. The molecule has 3 heterocycles. The number of nitrogens with one attached hydrogen (secondary N) is 1. The van der Waals surface area contributed by atoms with Gasteiger partial charge in [0.2, 0.25) is 0 Å². The van der Waals surface area contributed by atoms with Crippen molar-refractivity contribution in [1.82, 2.24) is 20.1 Å². The molecule has 0 amide bonds. The Bertz CT molecular complexity index is 536. The molecule has 3 rings (SSSR count). The van der Waals surface area contributed by atoms with E-state index in [0.29, 0.717) is 0 Å². The van der Waals surface area contributed by atoms with E-state index in [-0.39, 0.29) is 0 Å². The molecule has 1 aliphatic rings. The van der Waals surface area contributed by atoms with Crippen molar-refractivity contribution in [1.29, 1.82) is 0 Å². The normalized spacial score (nSPS) is 14.9. The van der Waals surface area contributed by atoms with Crippen molar-refractivity contribution in [2.75, 3.05) is 18.8 Å². The predicted octanol–water partition coefficient (Wildman–Crippen LogP) is 2.99. The molecule has 0 radical (unpaired) electrons. The maximum Gasteiger partial charge on any atom is 0.191 e. The van der Waals surface area contributed by atoms with E-state index < -0.39 is 0 Å². The van der Waals surface area contributed by atoms with Crippen LogP contribution < -0.4 is 5.32 Å². The van der Waals surface area contributed by atoms with Gasteiger partial charge in [0.15, 0.2) is 5.16 Å². The minimum Gasteiger partial charge on any atom is -0.316 e. The second-order valence-corrected chi connectivity index (χ2v) is 7.38. The van der Waals surface area contributed by atoms with Gasteiger partial charge in [0.25, 0.3) is 0 Å². The Morgan fingerprint density at radius 2 is 2.24 bits per heavy atom. The van der Waals surface area contributed by atoms with Gasteiger partial charge in [0.05, 0.1) is 0 Å². The lowest BCUT2D eigenvalue weighted by molar-refractivity contribution is 0.590. The van der Waals surface area contributed by atoms with Gasteiger partial charge in [-0.2, -0.15) is 0 Å². The molecule has 0 saturated heterocycles. The van der Waals surface area contributed by atoms with E-state index in [2.05, 4.69) is 37.6 Å². The average Bonchev–Trinajstić information content (AvgIpc) is 3.08. The molecule has 6 heteroatoms. The van der Waals surface area contributed by atoms with Crippen LogP contribution >= 0.6 is 23.1 Å². The highest BCUT2D eigenvalue weighted by Crippen LogP contribution is 2.21. The maximum absolute atomic E-state index is 4.35. The lowest BCUT2D eigenvalue weighted by Gasteiger charge is -2.07. The number of thiophene rings is 1. The van der Waals surface area contributed by atoms with Crippen LogP contribution in [0.1, 0.15) is 30.0 Å². The lowest BCUT2D eigenvalue weighted by Crippen LogP contribution is -2.20. The summed E-state index contributed by atoms with van der Waals surface area (Å²) in [5, 5.41) is 15.4. The average molecular weight is 323 g/mol. The van der Waals surface area contributed by atoms with Gasteiger partial charge in [-0.15, -0.1) is 21.5 Å². The van der Waals surface area contributed by atoms with Crippen LogP contribution in [0.25, 0.3) is 0 Å². The van der Waals surface area contributed by atoms with Crippen LogP contribution in [0.3, 0.4) is 0 Å². The molecule has 0 bridgehead atoms. The molecule has 114 valence electrons. The number of aromatic nitrogens is 3. The Morgan fingerprint density at radius 1 is 1.24 bits per heavy atom. The molecular formula is C15H22N4S2. The highest BCUT2D eigenvalue weighted by molar-refractivity contribution is 7.99. The second-order valence-electron chi connectivity index (χ2n) is 5.29. The van der Waals surface area contributed by atoms with Crippen LogP contribution in [-0.4, -0.2) is 33.6 Å². The van der Waals surface area contributed by atoms with E-state index in [9.17, 15) is 0 Å². The van der Waals surface area contributed by atoms with E-state index in [1.807, 2.05) is 23.1 Å². The largest absolute Gasteiger partial charge is 0.316 e. The summed E-state index contributed by atoms with van der Waals surface area (Å²) in [6.45, 7) is 3.17. The minimum absolute atomic E-state index is 1.03. The fraction of sp³-hybridized carbons (Fsp3) is 0.600. The summed E-state index contributed by atoms with van der Waals surface area (Å²) in [5.41, 5.74) is 0. The van der Waals surface area contributed by atoms with Crippen LogP contribution in [0, 0.1) is 0 Å². The quantitative estimate of drug-likeness (QED) is 0.628. The third-order valence-corrected chi connectivity index (χ3v) is 5.62. The Kier molecular flexibility index (Phi) is 5.71. The Hall–Kier alpha value is -0.850. The van der Waals surface area contributed by atoms with Gasteiger partial charge >= 0.3 is 0 Å². The number of hydrogen-bond donors (Lipinski definition) is 1. The maximum atomic E-state index is 4.35. The molecular weight excluding hydrogens is 300 g/mol. The summed E-state index contributed by atoms with van der Waals surface area (Å²) in [6.07, 6.45) is 6.05. The van der Waals surface area contributed by atoms with E-state index in [1.165, 1.54) is 30.0 Å². The first-order chi connectivity index (χ1) is 10.4. The third kappa shape index (κ3) is 4.31. The topological polar surface area (TPSA) is 42.7 Å². The fourth-order valence-corrected chi connectivity index (χ4v) is 4.16. The molecule has 1 aliphatic heterocycles. The van der Waals surface area contributed by atoms with Crippen molar-refractivity contribution in [3.63, 3.8) is 0 Å². The van der Waals surface area contributed by atoms with Gasteiger partial charge in [-0.25, -0.2) is 0 Å². The Morgan fingerprint density at radius 3 is 3.14 bits per heavy atom. The molecule has 21 heavy (non-hydrogen) atoms. The number of aryl methyl sites for hydroxylation is 1. The molecule has 0 saturated carbocycles. The molecule has 0 aromatic carbocycles. The molecule has 2 aromatic rings. The number of rotatable bonds is 7. The molecule has 0 atom stereocenters. The van der Waals surface area contributed by atoms with E-state index >= 15 is 0 Å². The number of fused-ring (bicyclic) bond motifs is 1. The summed E-state index contributed by atoms with van der Waals surface area (Å²) in [5.74, 6) is 2.24. The van der Waals surface area contributed by atoms with Crippen molar-refractivity contribution < 1.29 is 0 Å². The van der Waals surface area contributed by atoms with E-state index in [1.54, 1.807) is 0 Å². The van der Waals surface area contributed by atoms with Crippen LogP contribution in [0.4, 0.5) is 0 Å². The lowest BCUT2D eigenvalue weighted by atomic mass is 10.2. The van der Waals surface area contributed by atoms with E-state index in [0.717, 1.165) is 43.4 Å². The first-order valence-corrected chi connectivity index (χ1v) is 9.58. The summed E-state index contributed by atoms with van der Waals surface area (Å²) < 4.78 is 2.32. The number of nitrogens with zero attached hydrogens (tertiary/aromatic N) is 3. The summed E-state index contributed by atoms with van der Waals surface area (Å²) in [6, 6.07) is 4.32. The second kappa shape index (κ2) is 7.96. The highest BCUT2D eigenvalue weighted by Gasteiger charge is 2.14. The monoisotopic (exact) mass is 322 g/mol. The number of thioether (sulfide) groups is 1. The predicted molar refractivity (Wildman–Crippen MR) is 89.2 cm³/mol.